The van der Waals surface area contributed by atoms with E-state index in [0.29, 0.717) is 3.55 Å². The Bertz CT molecular complexity index is 774. The molecule has 0 heterocycles. The van der Waals surface area contributed by atoms with Crippen LogP contribution in [-0.4, -0.2) is 11.6 Å². The molecule has 3 rings (SSSR count). The molecule has 0 fully saturated rings. The van der Waals surface area contributed by atoms with Gasteiger partial charge in [0.05, 0.1) is 13.9 Å². The molecule has 0 amide bonds. The van der Waals surface area contributed by atoms with Crippen LogP contribution in [0.2, 0.25) is 19.6 Å². The average Bonchev–Trinajstić information content (AvgIpc) is 2.70. The topological polar surface area (TPSA) is 0 Å². The first-order valence-corrected chi connectivity index (χ1v) is 16.0. The van der Waals surface area contributed by atoms with Crippen LogP contribution in [-0.2, 0) is 0 Å². The van der Waals surface area contributed by atoms with Gasteiger partial charge in [-0.2, -0.15) is 0 Å². The summed E-state index contributed by atoms with van der Waals surface area (Å²) in [4.78, 5) is 0. The molecule has 0 nitrogen and oxygen atoms in total. The zero-order valence-electron chi connectivity index (χ0n) is 16.2. The molecule has 0 bridgehead atoms. The molecule has 3 heteroatoms. The molecule has 0 aromatic heterocycles. The van der Waals surface area contributed by atoms with E-state index in [1.54, 1.807) is 0 Å². The zero-order valence-corrected chi connectivity index (χ0v) is 20.3. The maximum Gasteiger partial charge on any atom is 0.136 e. The van der Waals surface area contributed by atoms with E-state index in [0.717, 1.165) is 0 Å². The third-order valence-corrected chi connectivity index (χ3v) is 16.6. The van der Waals surface area contributed by atoms with E-state index in [-0.39, 0.29) is 0 Å². The lowest BCUT2D eigenvalue weighted by atomic mass is 10.4. The lowest BCUT2D eigenvalue weighted by Gasteiger charge is -2.26. The predicted octanol–water partition coefficient (Wildman–Crippen LogP) is 6.18. The van der Waals surface area contributed by atoms with E-state index in [2.05, 4.69) is 145 Å². The second-order valence-corrected chi connectivity index (χ2v) is 19.0. The maximum absolute atomic E-state index is 2.64. The van der Waals surface area contributed by atoms with E-state index in [1.165, 1.54) is 15.9 Å². The summed E-state index contributed by atoms with van der Waals surface area (Å²) in [6.07, 6.45) is 2.49. The average molecular weight is 501 g/mol. The van der Waals surface area contributed by atoms with Gasteiger partial charge in [-0.1, -0.05) is 96.8 Å². The molecule has 0 aliphatic heterocycles. The smallest absolute Gasteiger partial charge is 0.0815 e. The van der Waals surface area contributed by atoms with Crippen LogP contribution >= 0.6 is 29.9 Å². The highest BCUT2D eigenvalue weighted by atomic mass is 127. The van der Waals surface area contributed by atoms with Gasteiger partial charge in [-0.3, -0.25) is 0 Å². The summed E-state index contributed by atoms with van der Waals surface area (Å²) in [5.41, 5.74) is 0. The molecule has 1 unspecified atom stereocenters. The van der Waals surface area contributed by atoms with Crippen molar-refractivity contribution in [1.29, 1.82) is 0 Å². The minimum atomic E-state index is -1.84. The molecule has 138 valence electrons. The van der Waals surface area contributed by atoms with Gasteiger partial charge in [0.15, 0.2) is 0 Å². The summed E-state index contributed by atoms with van der Waals surface area (Å²) >= 11 is 2.64. The van der Waals surface area contributed by atoms with Crippen molar-refractivity contribution in [3.05, 3.63) is 103 Å². The number of hydrogen-bond acceptors (Lipinski definition) is 0. The van der Waals surface area contributed by atoms with Crippen molar-refractivity contribution in [2.75, 3.05) is 0 Å². The Labute approximate surface area is 179 Å². The lowest BCUT2D eigenvalue weighted by molar-refractivity contribution is 1.50. The van der Waals surface area contributed by atoms with Crippen LogP contribution in [0.15, 0.2) is 103 Å². The second kappa shape index (κ2) is 8.85. The van der Waals surface area contributed by atoms with E-state index in [4.69, 9.17) is 0 Å². The standard InChI is InChI=1S/C24H27IPSi/c1-27(2,3)24(25)19-20-26(21-13-7-4-8-14-21,22-15-9-5-10-16-22)23-17-11-6-12-18-23/h4-20,24H,1-3H3/q+1/b20-19+. The highest BCUT2D eigenvalue weighted by molar-refractivity contribution is 14.1. The second-order valence-electron chi connectivity index (χ2n) is 7.84. The van der Waals surface area contributed by atoms with Crippen molar-refractivity contribution in [2.24, 2.45) is 0 Å². The van der Waals surface area contributed by atoms with Gasteiger partial charge in [-0.15, -0.1) is 0 Å². The molecule has 3 aromatic rings. The van der Waals surface area contributed by atoms with Crippen LogP contribution in [0.25, 0.3) is 0 Å². The molecule has 27 heavy (non-hydrogen) atoms. The van der Waals surface area contributed by atoms with Gasteiger partial charge in [0.2, 0.25) is 0 Å². The zero-order chi connectivity index (χ0) is 19.3. The van der Waals surface area contributed by atoms with Gasteiger partial charge in [0.25, 0.3) is 0 Å². The number of hydrogen-bond donors (Lipinski definition) is 0. The van der Waals surface area contributed by atoms with Crippen molar-refractivity contribution in [3.8, 4) is 0 Å². The van der Waals surface area contributed by atoms with Gasteiger partial charge < -0.3 is 0 Å². The normalized spacial score (nSPS) is 13.6. The first-order valence-electron chi connectivity index (χ1n) is 9.33. The van der Waals surface area contributed by atoms with Gasteiger partial charge >= 0.3 is 0 Å². The number of alkyl halides is 1. The molecule has 0 N–H and O–H groups in total. The van der Waals surface area contributed by atoms with Crippen LogP contribution in [0.3, 0.4) is 0 Å². The molecular formula is C24H27IPSi+. The summed E-state index contributed by atoms with van der Waals surface area (Å²) in [6.45, 7) is 7.34. The van der Waals surface area contributed by atoms with Crippen LogP contribution in [0.1, 0.15) is 0 Å². The highest BCUT2D eigenvalue weighted by Gasteiger charge is 2.43. The SMILES string of the molecule is C[Si](C)(C)C(I)/C=C/[P+](c1ccccc1)(c1ccccc1)c1ccccc1. The Hall–Kier alpha value is -1.22. The summed E-state index contributed by atoms with van der Waals surface area (Å²) in [7, 11) is -3.09. The van der Waals surface area contributed by atoms with Crippen LogP contribution in [0.5, 0.6) is 0 Å². The Morgan fingerprint density at radius 2 is 1.00 bits per heavy atom. The Kier molecular flexibility index (Phi) is 6.72. The fraction of sp³-hybridized carbons (Fsp3) is 0.167. The largest absolute Gasteiger partial charge is 0.136 e. The summed E-state index contributed by atoms with van der Waals surface area (Å²) in [5, 5.41) is 4.24. The summed E-state index contributed by atoms with van der Waals surface area (Å²) in [5.74, 6) is 2.56. The Morgan fingerprint density at radius 1 is 0.667 bits per heavy atom. The third-order valence-electron chi connectivity index (χ3n) is 4.80. The quantitative estimate of drug-likeness (QED) is 0.164. The molecule has 0 radical (unpaired) electrons. The number of rotatable bonds is 6. The molecule has 0 saturated heterocycles. The van der Waals surface area contributed by atoms with Crippen molar-refractivity contribution in [2.45, 2.75) is 23.2 Å². The molecule has 1 atom stereocenters. The maximum atomic E-state index is 2.64. The minimum Gasteiger partial charge on any atom is -0.0815 e. The predicted molar refractivity (Wildman–Crippen MR) is 135 cm³/mol. The van der Waals surface area contributed by atoms with Gasteiger partial charge in [-0.05, 0) is 42.5 Å². The Morgan fingerprint density at radius 3 is 1.30 bits per heavy atom. The minimum absolute atomic E-state index is 0.602. The first-order chi connectivity index (χ1) is 12.9. The van der Waals surface area contributed by atoms with E-state index < -0.39 is 15.3 Å². The Balaban J connectivity index is 2.28. The fourth-order valence-electron chi connectivity index (χ4n) is 3.19. The lowest BCUT2D eigenvalue weighted by Crippen LogP contribution is -2.33. The van der Waals surface area contributed by atoms with Gasteiger partial charge in [0, 0.05) is 3.55 Å². The molecule has 0 saturated carbocycles. The molecule has 3 aromatic carbocycles. The van der Waals surface area contributed by atoms with Crippen molar-refractivity contribution >= 4 is 53.8 Å². The molecular weight excluding hydrogens is 474 g/mol. The highest BCUT2D eigenvalue weighted by Crippen LogP contribution is 2.57. The van der Waals surface area contributed by atoms with Crippen molar-refractivity contribution in [1.82, 2.24) is 0 Å². The van der Waals surface area contributed by atoms with Crippen LogP contribution in [0.4, 0.5) is 0 Å². The summed E-state index contributed by atoms with van der Waals surface area (Å²) < 4.78 is 0.602. The molecule has 0 aliphatic carbocycles. The number of benzene rings is 3. The van der Waals surface area contributed by atoms with Crippen molar-refractivity contribution < 1.29 is 0 Å². The monoisotopic (exact) mass is 501 g/mol. The van der Waals surface area contributed by atoms with Crippen molar-refractivity contribution in [3.63, 3.8) is 0 Å². The van der Waals surface area contributed by atoms with Crippen LogP contribution < -0.4 is 15.9 Å². The summed E-state index contributed by atoms with van der Waals surface area (Å²) in [6, 6.07) is 33.2. The molecule has 0 spiro atoms. The van der Waals surface area contributed by atoms with Gasteiger partial charge in [-0.25, -0.2) is 0 Å². The molecule has 0 aliphatic rings. The first kappa shape index (κ1) is 20.5. The van der Waals surface area contributed by atoms with Gasteiger partial charge in [0.1, 0.15) is 23.2 Å². The number of allylic oxidation sites excluding steroid dienone is 1. The van der Waals surface area contributed by atoms with E-state index >= 15 is 0 Å². The number of halogens is 1. The third kappa shape index (κ3) is 4.61. The van der Waals surface area contributed by atoms with E-state index in [1.807, 2.05) is 0 Å². The van der Waals surface area contributed by atoms with E-state index in [9.17, 15) is 0 Å². The van der Waals surface area contributed by atoms with Crippen LogP contribution in [0, 0.1) is 0 Å². The fourth-order valence-corrected chi connectivity index (χ4v) is 8.33.